The Hall–Kier alpha value is -3.42. The summed E-state index contributed by atoms with van der Waals surface area (Å²) in [6.45, 7) is 3.63. The number of ether oxygens (including phenoxy) is 2. The van der Waals surface area contributed by atoms with Crippen LogP contribution in [0.1, 0.15) is 32.3 Å². The van der Waals surface area contributed by atoms with Crippen LogP contribution < -0.4 is 9.64 Å². The number of rotatable bonds is 7. The van der Waals surface area contributed by atoms with E-state index in [0.717, 1.165) is 5.56 Å². The van der Waals surface area contributed by atoms with Gasteiger partial charge in [-0.15, -0.1) is 0 Å². The van der Waals surface area contributed by atoms with E-state index in [0.29, 0.717) is 12.2 Å². The molecule has 0 saturated heterocycles. The molecule has 2 aromatic carbocycles. The highest BCUT2D eigenvalue weighted by atomic mass is 16.6. The fourth-order valence-corrected chi connectivity index (χ4v) is 3.24. The Labute approximate surface area is 168 Å². The monoisotopic (exact) mass is 398 g/mol. The zero-order valence-corrected chi connectivity index (χ0v) is 16.2. The van der Waals surface area contributed by atoms with E-state index in [1.54, 1.807) is 13.8 Å². The lowest BCUT2D eigenvalue weighted by Crippen LogP contribution is -2.53. The van der Waals surface area contributed by atoms with Crippen molar-refractivity contribution in [2.24, 2.45) is 0 Å². The zero-order valence-electron chi connectivity index (χ0n) is 16.2. The number of carbonyl (C=O) groups excluding carboxylic acids is 2. The second-order valence-electron chi connectivity index (χ2n) is 6.65. The van der Waals surface area contributed by atoms with Crippen molar-refractivity contribution in [1.82, 2.24) is 0 Å². The highest BCUT2D eigenvalue weighted by Gasteiger charge is 2.41. The Balaban J connectivity index is 1.92. The SMILES string of the molecule is CCC1Oc2ccc([N+](=O)[O-])cc2N(C(CC)C(=O)OCc2ccccc2)C1=O. The van der Waals surface area contributed by atoms with Crippen molar-refractivity contribution in [2.75, 3.05) is 4.90 Å². The minimum Gasteiger partial charge on any atom is -0.478 e. The highest BCUT2D eigenvalue weighted by Crippen LogP contribution is 2.39. The Morgan fingerprint density at radius 3 is 2.59 bits per heavy atom. The van der Waals surface area contributed by atoms with Gasteiger partial charge in [-0.3, -0.25) is 19.8 Å². The third-order valence-electron chi connectivity index (χ3n) is 4.76. The van der Waals surface area contributed by atoms with Crippen molar-refractivity contribution in [2.45, 2.75) is 45.4 Å². The van der Waals surface area contributed by atoms with E-state index in [9.17, 15) is 19.7 Å². The molecule has 8 heteroatoms. The zero-order chi connectivity index (χ0) is 21.0. The van der Waals surface area contributed by atoms with E-state index in [1.807, 2.05) is 30.3 Å². The molecule has 3 rings (SSSR count). The van der Waals surface area contributed by atoms with Crippen LogP contribution in [-0.4, -0.2) is 28.9 Å². The molecule has 0 bridgehead atoms. The second kappa shape index (κ2) is 8.72. The molecular formula is C21H22N2O6. The molecule has 0 radical (unpaired) electrons. The maximum atomic E-state index is 13.0. The highest BCUT2D eigenvalue weighted by molar-refractivity contribution is 6.04. The molecular weight excluding hydrogens is 376 g/mol. The summed E-state index contributed by atoms with van der Waals surface area (Å²) in [7, 11) is 0. The Morgan fingerprint density at radius 2 is 1.97 bits per heavy atom. The van der Waals surface area contributed by atoms with Crippen LogP contribution >= 0.6 is 0 Å². The van der Waals surface area contributed by atoms with E-state index in [2.05, 4.69) is 0 Å². The molecule has 2 aromatic rings. The van der Waals surface area contributed by atoms with Crippen molar-refractivity contribution < 1.29 is 24.0 Å². The first kappa shape index (κ1) is 20.3. The maximum Gasteiger partial charge on any atom is 0.329 e. The van der Waals surface area contributed by atoms with Gasteiger partial charge in [0.15, 0.2) is 6.10 Å². The molecule has 0 fully saturated rings. The first-order valence-electron chi connectivity index (χ1n) is 9.45. The molecule has 0 N–H and O–H groups in total. The largest absolute Gasteiger partial charge is 0.478 e. The summed E-state index contributed by atoms with van der Waals surface area (Å²) >= 11 is 0. The fraction of sp³-hybridized carbons (Fsp3) is 0.333. The Morgan fingerprint density at radius 1 is 1.24 bits per heavy atom. The van der Waals surface area contributed by atoms with Gasteiger partial charge in [-0.25, -0.2) is 4.79 Å². The van der Waals surface area contributed by atoms with Crippen LogP contribution in [0.4, 0.5) is 11.4 Å². The van der Waals surface area contributed by atoms with Crippen molar-refractivity contribution in [1.29, 1.82) is 0 Å². The van der Waals surface area contributed by atoms with Gasteiger partial charge in [-0.05, 0) is 24.5 Å². The molecule has 1 amide bonds. The minimum absolute atomic E-state index is 0.0771. The normalized spacial score (nSPS) is 16.6. The van der Waals surface area contributed by atoms with Gasteiger partial charge in [0.25, 0.3) is 11.6 Å². The number of hydrogen-bond donors (Lipinski definition) is 0. The van der Waals surface area contributed by atoms with Crippen LogP contribution in [0.15, 0.2) is 48.5 Å². The summed E-state index contributed by atoms with van der Waals surface area (Å²) in [5.41, 5.74) is 0.844. The molecule has 2 atom stereocenters. The number of nitro benzene ring substituents is 1. The van der Waals surface area contributed by atoms with Crippen LogP contribution in [0.25, 0.3) is 0 Å². The van der Waals surface area contributed by atoms with Crippen LogP contribution in [0.2, 0.25) is 0 Å². The summed E-state index contributed by atoms with van der Waals surface area (Å²) in [4.78, 5) is 37.8. The predicted octanol–water partition coefficient (Wildman–Crippen LogP) is 3.62. The second-order valence-corrected chi connectivity index (χ2v) is 6.65. The summed E-state index contributed by atoms with van der Waals surface area (Å²) < 4.78 is 11.1. The lowest BCUT2D eigenvalue weighted by atomic mass is 10.1. The van der Waals surface area contributed by atoms with Crippen molar-refractivity contribution >= 4 is 23.3 Å². The summed E-state index contributed by atoms with van der Waals surface area (Å²) in [5.74, 6) is -0.653. The van der Waals surface area contributed by atoms with Crippen molar-refractivity contribution in [3.63, 3.8) is 0 Å². The molecule has 0 saturated carbocycles. The molecule has 1 aliphatic rings. The van der Waals surface area contributed by atoms with E-state index < -0.39 is 28.9 Å². The topological polar surface area (TPSA) is 99.0 Å². The first-order chi connectivity index (χ1) is 14.0. The minimum atomic E-state index is -0.912. The summed E-state index contributed by atoms with van der Waals surface area (Å²) in [6, 6.07) is 12.3. The van der Waals surface area contributed by atoms with Gasteiger partial charge in [-0.1, -0.05) is 44.2 Å². The number of hydrogen-bond acceptors (Lipinski definition) is 6. The van der Waals surface area contributed by atoms with Crippen LogP contribution in [-0.2, 0) is 20.9 Å². The van der Waals surface area contributed by atoms with Gasteiger partial charge in [0.2, 0.25) is 0 Å². The lowest BCUT2D eigenvalue weighted by molar-refractivity contribution is -0.384. The van der Waals surface area contributed by atoms with Crippen molar-refractivity contribution in [3.8, 4) is 5.75 Å². The smallest absolute Gasteiger partial charge is 0.329 e. The van der Waals surface area contributed by atoms with Gasteiger partial charge in [-0.2, -0.15) is 0 Å². The predicted molar refractivity (Wildman–Crippen MR) is 106 cm³/mol. The fourth-order valence-electron chi connectivity index (χ4n) is 3.24. The molecule has 1 aliphatic heterocycles. The lowest BCUT2D eigenvalue weighted by Gasteiger charge is -2.37. The number of nitrogens with zero attached hydrogens (tertiary/aromatic N) is 2. The van der Waals surface area contributed by atoms with Gasteiger partial charge >= 0.3 is 5.97 Å². The molecule has 0 aromatic heterocycles. The summed E-state index contributed by atoms with van der Waals surface area (Å²) in [6.07, 6.45) is -0.0703. The third-order valence-corrected chi connectivity index (χ3v) is 4.76. The molecule has 29 heavy (non-hydrogen) atoms. The third kappa shape index (κ3) is 4.21. The van der Waals surface area contributed by atoms with Gasteiger partial charge in [0.05, 0.1) is 10.6 Å². The molecule has 0 aliphatic carbocycles. The number of benzene rings is 2. The summed E-state index contributed by atoms with van der Waals surface area (Å²) in [5, 5.41) is 11.2. The van der Waals surface area contributed by atoms with Crippen LogP contribution in [0, 0.1) is 10.1 Å². The number of non-ortho nitro benzene ring substituents is 1. The van der Waals surface area contributed by atoms with Gasteiger partial charge < -0.3 is 9.47 Å². The molecule has 2 unspecified atom stereocenters. The number of carbonyl (C=O) groups is 2. The van der Waals surface area contributed by atoms with Crippen LogP contribution in [0.5, 0.6) is 5.75 Å². The van der Waals surface area contributed by atoms with E-state index in [1.165, 1.54) is 23.1 Å². The maximum absolute atomic E-state index is 13.0. The molecule has 8 nitrogen and oxygen atoms in total. The van der Waals surface area contributed by atoms with Gasteiger partial charge in [0.1, 0.15) is 18.4 Å². The first-order valence-corrected chi connectivity index (χ1v) is 9.45. The average Bonchev–Trinajstić information content (AvgIpc) is 2.74. The number of esters is 1. The molecule has 152 valence electrons. The van der Waals surface area contributed by atoms with Crippen LogP contribution in [0.3, 0.4) is 0 Å². The average molecular weight is 398 g/mol. The van der Waals surface area contributed by atoms with Crippen molar-refractivity contribution in [3.05, 3.63) is 64.2 Å². The van der Waals surface area contributed by atoms with E-state index >= 15 is 0 Å². The molecule has 0 spiro atoms. The quantitative estimate of drug-likeness (QED) is 0.401. The van der Waals surface area contributed by atoms with E-state index in [4.69, 9.17) is 9.47 Å². The number of fused-ring (bicyclic) bond motifs is 1. The number of amides is 1. The number of anilines is 1. The van der Waals surface area contributed by atoms with Gasteiger partial charge in [0, 0.05) is 12.1 Å². The Kier molecular flexibility index (Phi) is 6.11. The standard InChI is InChI=1S/C21H22N2O6/c1-3-16(21(25)28-13-14-8-6-5-7-9-14)22-17-12-15(23(26)27)10-11-19(17)29-18(4-2)20(22)24/h5-12,16,18H,3-4,13H2,1-2H3. The van der Waals surface area contributed by atoms with E-state index in [-0.39, 0.29) is 24.4 Å². The number of nitro groups is 1. The molecule has 1 heterocycles. The Bertz CT molecular complexity index is 915.